The summed E-state index contributed by atoms with van der Waals surface area (Å²) in [6.45, 7) is 0.0210. The van der Waals surface area contributed by atoms with Crippen molar-refractivity contribution in [3.63, 3.8) is 0 Å². The van der Waals surface area contributed by atoms with Gasteiger partial charge in [-0.25, -0.2) is 9.97 Å². The standard InChI is InChI=1S/C14H15BrN2O4/c15-11-3-1-10(2-4-11)12-13(20-7-5-18)16-9-17-14(12)21-8-6-19/h1-4,9,18-19H,5-8H2. The number of hydrogen-bond acceptors (Lipinski definition) is 6. The summed E-state index contributed by atoms with van der Waals surface area (Å²) in [4.78, 5) is 8.17. The normalized spacial score (nSPS) is 10.4. The molecule has 0 fully saturated rings. The average Bonchev–Trinajstić information content (AvgIpc) is 2.52. The Labute approximate surface area is 130 Å². The minimum absolute atomic E-state index is 0.114. The van der Waals surface area contributed by atoms with Crippen molar-refractivity contribution in [2.45, 2.75) is 0 Å². The molecular formula is C14H15BrN2O4. The summed E-state index contributed by atoms with van der Waals surface area (Å²) in [6, 6.07) is 7.52. The predicted octanol–water partition coefficient (Wildman–Crippen LogP) is 1.65. The van der Waals surface area contributed by atoms with E-state index in [1.54, 1.807) is 0 Å². The zero-order valence-electron chi connectivity index (χ0n) is 11.2. The van der Waals surface area contributed by atoms with Gasteiger partial charge in [0.15, 0.2) is 0 Å². The first-order valence-corrected chi connectivity index (χ1v) is 7.14. The molecule has 0 atom stereocenters. The Morgan fingerprint density at radius 2 is 1.43 bits per heavy atom. The van der Waals surface area contributed by atoms with Crippen molar-refractivity contribution in [1.82, 2.24) is 9.97 Å². The van der Waals surface area contributed by atoms with Gasteiger partial charge in [0.1, 0.15) is 25.1 Å². The fraction of sp³-hybridized carbons (Fsp3) is 0.286. The summed E-state index contributed by atoms with van der Waals surface area (Å²) < 4.78 is 11.8. The Hall–Kier alpha value is -1.70. The van der Waals surface area contributed by atoms with Crippen LogP contribution in [0, 0.1) is 0 Å². The zero-order chi connectivity index (χ0) is 15.1. The lowest BCUT2D eigenvalue weighted by molar-refractivity contribution is 0.189. The Morgan fingerprint density at radius 1 is 0.905 bits per heavy atom. The van der Waals surface area contributed by atoms with Gasteiger partial charge in [0.05, 0.1) is 13.2 Å². The smallest absolute Gasteiger partial charge is 0.228 e. The predicted molar refractivity (Wildman–Crippen MR) is 80.3 cm³/mol. The van der Waals surface area contributed by atoms with Crippen molar-refractivity contribution in [3.05, 3.63) is 35.1 Å². The first-order valence-electron chi connectivity index (χ1n) is 6.34. The highest BCUT2D eigenvalue weighted by atomic mass is 79.9. The van der Waals surface area contributed by atoms with Crippen LogP contribution < -0.4 is 9.47 Å². The van der Waals surface area contributed by atoms with Gasteiger partial charge in [-0.2, -0.15) is 0 Å². The van der Waals surface area contributed by atoms with Crippen LogP contribution in [0.5, 0.6) is 11.8 Å². The second-order valence-electron chi connectivity index (χ2n) is 4.01. The van der Waals surface area contributed by atoms with E-state index in [2.05, 4.69) is 25.9 Å². The van der Waals surface area contributed by atoms with E-state index in [-0.39, 0.29) is 26.4 Å². The van der Waals surface area contributed by atoms with E-state index < -0.39 is 0 Å². The van der Waals surface area contributed by atoms with Gasteiger partial charge in [0, 0.05) is 4.47 Å². The molecule has 0 amide bonds. The number of benzene rings is 1. The second-order valence-corrected chi connectivity index (χ2v) is 4.93. The lowest BCUT2D eigenvalue weighted by Crippen LogP contribution is -2.08. The minimum Gasteiger partial charge on any atom is -0.475 e. The Bertz CT molecular complexity index is 551. The lowest BCUT2D eigenvalue weighted by Gasteiger charge is -2.13. The van der Waals surface area contributed by atoms with E-state index in [0.29, 0.717) is 17.3 Å². The zero-order valence-corrected chi connectivity index (χ0v) is 12.8. The van der Waals surface area contributed by atoms with E-state index in [1.807, 2.05) is 24.3 Å². The van der Waals surface area contributed by atoms with Crippen molar-refractivity contribution < 1.29 is 19.7 Å². The van der Waals surface area contributed by atoms with Crippen molar-refractivity contribution in [3.8, 4) is 22.9 Å². The molecule has 21 heavy (non-hydrogen) atoms. The molecule has 0 bridgehead atoms. The molecule has 2 rings (SSSR count). The molecule has 1 heterocycles. The monoisotopic (exact) mass is 354 g/mol. The summed E-state index contributed by atoms with van der Waals surface area (Å²) in [5.74, 6) is 0.656. The van der Waals surface area contributed by atoms with Crippen LogP contribution in [0.1, 0.15) is 0 Å². The number of aliphatic hydroxyl groups is 2. The van der Waals surface area contributed by atoms with Gasteiger partial charge >= 0.3 is 0 Å². The number of ether oxygens (including phenoxy) is 2. The summed E-state index contributed by atoms with van der Waals surface area (Å²) in [6.07, 6.45) is 1.32. The maximum atomic E-state index is 8.90. The highest BCUT2D eigenvalue weighted by Crippen LogP contribution is 2.35. The highest BCUT2D eigenvalue weighted by Gasteiger charge is 2.16. The molecule has 2 aromatic rings. The fourth-order valence-corrected chi connectivity index (χ4v) is 1.99. The molecule has 2 N–H and O–H groups in total. The minimum atomic E-state index is -0.114. The van der Waals surface area contributed by atoms with Gasteiger partial charge in [-0.1, -0.05) is 28.1 Å². The molecule has 6 nitrogen and oxygen atoms in total. The van der Waals surface area contributed by atoms with E-state index in [1.165, 1.54) is 6.33 Å². The third-order valence-electron chi connectivity index (χ3n) is 2.57. The molecule has 0 saturated carbocycles. The topological polar surface area (TPSA) is 84.7 Å². The number of halogens is 1. The van der Waals surface area contributed by atoms with E-state index in [9.17, 15) is 0 Å². The summed E-state index contributed by atoms with van der Waals surface area (Å²) in [7, 11) is 0. The molecule has 112 valence electrons. The molecule has 0 aliphatic rings. The van der Waals surface area contributed by atoms with Crippen LogP contribution in [-0.2, 0) is 0 Å². The molecule has 0 aliphatic heterocycles. The van der Waals surface area contributed by atoms with E-state index >= 15 is 0 Å². The lowest BCUT2D eigenvalue weighted by atomic mass is 10.1. The summed E-state index contributed by atoms with van der Waals surface area (Å²) in [5, 5.41) is 17.8. The number of hydrogen-bond donors (Lipinski definition) is 2. The van der Waals surface area contributed by atoms with Gasteiger partial charge in [-0.15, -0.1) is 0 Å². The highest BCUT2D eigenvalue weighted by molar-refractivity contribution is 9.10. The molecule has 0 aliphatic carbocycles. The first kappa shape index (κ1) is 15.7. The molecule has 1 aromatic heterocycles. The van der Waals surface area contributed by atoms with Crippen LogP contribution >= 0.6 is 15.9 Å². The summed E-state index contributed by atoms with van der Waals surface area (Å²) in [5.41, 5.74) is 1.41. The van der Waals surface area contributed by atoms with Crippen molar-refractivity contribution in [2.75, 3.05) is 26.4 Å². The van der Waals surface area contributed by atoms with Crippen LogP contribution in [0.2, 0.25) is 0 Å². The second kappa shape index (κ2) is 7.92. The molecule has 0 saturated heterocycles. The van der Waals surface area contributed by atoms with Gasteiger partial charge in [0.2, 0.25) is 11.8 Å². The van der Waals surface area contributed by atoms with Crippen LogP contribution in [0.3, 0.4) is 0 Å². The molecule has 0 unspecified atom stereocenters. The Morgan fingerprint density at radius 3 is 1.90 bits per heavy atom. The molecule has 0 spiro atoms. The quantitative estimate of drug-likeness (QED) is 0.786. The maximum Gasteiger partial charge on any atom is 0.228 e. The van der Waals surface area contributed by atoms with Crippen molar-refractivity contribution >= 4 is 15.9 Å². The van der Waals surface area contributed by atoms with Crippen LogP contribution in [0.4, 0.5) is 0 Å². The third kappa shape index (κ3) is 4.13. The average molecular weight is 355 g/mol. The fourth-order valence-electron chi connectivity index (χ4n) is 1.72. The number of nitrogens with zero attached hydrogens (tertiary/aromatic N) is 2. The largest absolute Gasteiger partial charge is 0.475 e. The summed E-state index contributed by atoms with van der Waals surface area (Å²) >= 11 is 3.38. The van der Waals surface area contributed by atoms with Gasteiger partial charge in [0.25, 0.3) is 0 Å². The van der Waals surface area contributed by atoms with E-state index in [4.69, 9.17) is 19.7 Å². The molecule has 1 aromatic carbocycles. The Kier molecular flexibility index (Phi) is 5.91. The first-order chi connectivity index (χ1) is 10.3. The Balaban J connectivity index is 2.43. The van der Waals surface area contributed by atoms with Crippen molar-refractivity contribution in [2.24, 2.45) is 0 Å². The van der Waals surface area contributed by atoms with Gasteiger partial charge < -0.3 is 19.7 Å². The molecule has 7 heteroatoms. The van der Waals surface area contributed by atoms with Crippen LogP contribution in [-0.4, -0.2) is 46.6 Å². The van der Waals surface area contributed by atoms with Gasteiger partial charge in [-0.3, -0.25) is 0 Å². The van der Waals surface area contributed by atoms with Crippen molar-refractivity contribution in [1.29, 1.82) is 0 Å². The van der Waals surface area contributed by atoms with Crippen LogP contribution in [0.25, 0.3) is 11.1 Å². The number of rotatable bonds is 7. The molecular weight excluding hydrogens is 340 g/mol. The van der Waals surface area contributed by atoms with Gasteiger partial charge in [-0.05, 0) is 17.7 Å². The molecule has 0 radical (unpaired) electrons. The van der Waals surface area contributed by atoms with E-state index in [0.717, 1.165) is 10.0 Å². The maximum absolute atomic E-state index is 8.90. The third-order valence-corrected chi connectivity index (χ3v) is 3.10. The number of aromatic nitrogens is 2. The SMILES string of the molecule is OCCOc1ncnc(OCCO)c1-c1ccc(Br)cc1. The number of aliphatic hydroxyl groups excluding tert-OH is 2. The van der Waals surface area contributed by atoms with Crippen LogP contribution in [0.15, 0.2) is 35.1 Å².